The van der Waals surface area contributed by atoms with E-state index in [0.717, 1.165) is 15.1 Å². The molecule has 0 bridgehead atoms. The van der Waals surface area contributed by atoms with Gasteiger partial charge in [0.15, 0.2) is 5.13 Å². The van der Waals surface area contributed by atoms with Gasteiger partial charge in [-0.1, -0.05) is 27.3 Å². The van der Waals surface area contributed by atoms with E-state index in [1.165, 1.54) is 22.6 Å². The van der Waals surface area contributed by atoms with Crippen LogP contribution in [0.4, 0.5) is 5.13 Å². The van der Waals surface area contributed by atoms with E-state index in [2.05, 4.69) is 44.4 Å². The number of benzene rings is 1. The molecule has 1 N–H and O–H groups in total. The number of aromatic nitrogens is 1. The van der Waals surface area contributed by atoms with Gasteiger partial charge in [0, 0.05) is 16.3 Å². The van der Waals surface area contributed by atoms with E-state index < -0.39 is 0 Å². The zero-order valence-corrected chi connectivity index (χ0v) is 11.8. The molecule has 1 unspecified atom stereocenters. The Labute approximate surface area is 111 Å². The normalized spacial score (nSPS) is 20.4. The minimum Gasteiger partial charge on any atom is -0.358 e. The molecule has 1 aromatic carbocycles. The van der Waals surface area contributed by atoms with Crippen molar-refractivity contribution in [2.75, 3.05) is 16.8 Å². The van der Waals surface area contributed by atoms with Crippen molar-refractivity contribution in [1.82, 2.24) is 4.98 Å². The van der Waals surface area contributed by atoms with Crippen LogP contribution in [0.5, 0.6) is 0 Å². The molecule has 1 atom stereocenters. The Balaban J connectivity index is 1.86. The lowest BCUT2D eigenvalue weighted by atomic mass is 10.3. The van der Waals surface area contributed by atoms with Gasteiger partial charge in [0.05, 0.1) is 10.2 Å². The summed E-state index contributed by atoms with van der Waals surface area (Å²) in [5.74, 6) is 2.48. The van der Waals surface area contributed by atoms with Gasteiger partial charge in [-0.25, -0.2) is 4.98 Å². The lowest BCUT2D eigenvalue weighted by Crippen LogP contribution is -2.17. The monoisotopic (exact) mass is 314 g/mol. The van der Waals surface area contributed by atoms with Gasteiger partial charge < -0.3 is 5.32 Å². The first-order chi connectivity index (χ1) is 7.81. The Bertz CT molecular complexity index is 506. The molecule has 1 aromatic heterocycles. The van der Waals surface area contributed by atoms with Crippen molar-refractivity contribution in [2.24, 2.45) is 0 Å². The molecule has 1 aliphatic rings. The zero-order valence-electron chi connectivity index (χ0n) is 8.57. The fourth-order valence-corrected chi connectivity index (χ4v) is 4.21. The number of nitrogens with zero attached hydrogens (tertiary/aromatic N) is 1. The van der Waals surface area contributed by atoms with Crippen molar-refractivity contribution in [2.45, 2.75) is 12.5 Å². The first-order valence-corrected chi connectivity index (χ1v) is 7.98. The van der Waals surface area contributed by atoms with Crippen LogP contribution in [0.2, 0.25) is 0 Å². The molecular formula is C11H11BrN2S2. The van der Waals surface area contributed by atoms with Crippen LogP contribution in [-0.2, 0) is 0 Å². The van der Waals surface area contributed by atoms with Gasteiger partial charge in [-0.3, -0.25) is 0 Å². The van der Waals surface area contributed by atoms with E-state index in [0.29, 0.717) is 6.04 Å². The highest BCUT2D eigenvalue weighted by atomic mass is 79.9. The summed E-state index contributed by atoms with van der Waals surface area (Å²) in [5.41, 5.74) is 1.08. The maximum Gasteiger partial charge on any atom is 0.184 e. The van der Waals surface area contributed by atoms with E-state index >= 15 is 0 Å². The number of thiazole rings is 1. The number of thioether (sulfide) groups is 1. The SMILES string of the molecule is Brc1ccc2sc(NC3CCSC3)nc2c1. The number of hydrogen-bond donors (Lipinski definition) is 1. The lowest BCUT2D eigenvalue weighted by molar-refractivity contribution is 0.812. The molecule has 2 aromatic rings. The Morgan fingerprint density at radius 1 is 1.44 bits per heavy atom. The predicted molar refractivity (Wildman–Crippen MR) is 76.7 cm³/mol. The molecule has 16 heavy (non-hydrogen) atoms. The highest BCUT2D eigenvalue weighted by Gasteiger charge is 2.16. The fourth-order valence-electron chi connectivity index (χ4n) is 1.79. The van der Waals surface area contributed by atoms with Gasteiger partial charge in [0.1, 0.15) is 0 Å². The number of fused-ring (bicyclic) bond motifs is 1. The Hall–Kier alpha value is -0.260. The minimum atomic E-state index is 0.606. The van der Waals surface area contributed by atoms with E-state index in [9.17, 15) is 0 Å². The summed E-state index contributed by atoms with van der Waals surface area (Å²) in [6.45, 7) is 0. The maximum atomic E-state index is 4.61. The molecule has 2 heterocycles. The summed E-state index contributed by atoms with van der Waals surface area (Å²) >= 11 is 7.23. The second-order valence-corrected chi connectivity index (χ2v) is 6.93. The van der Waals surface area contributed by atoms with Gasteiger partial charge >= 0.3 is 0 Å². The fraction of sp³-hybridized carbons (Fsp3) is 0.364. The van der Waals surface area contributed by atoms with Crippen molar-refractivity contribution in [3.63, 3.8) is 0 Å². The summed E-state index contributed by atoms with van der Waals surface area (Å²) in [7, 11) is 0. The van der Waals surface area contributed by atoms with Crippen LogP contribution in [0.3, 0.4) is 0 Å². The average molecular weight is 315 g/mol. The van der Waals surface area contributed by atoms with Crippen LogP contribution in [0, 0.1) is 0 Å². The lowest BCUT2D eigenvalue weighted by Gasteiger charge is -2.08. The summed E-state index contributed by atoms with van der Waals surface area (Å²) in [5, 5.41) is 4.58. The predicted octanol–water partition coefficient (Wildman–Crippen LogP) is 3.98. The van der Waals surface area contributed by atoms with Crippen LogP contribution in [0.1, 0.15) is 6.42 Å². The number of rotatable bonds is 2. The van der Waals surface area contributed by atoms with Gasteiger partial charge in [0.2, 0.25) is 0 Å². The third-order valence-electron chi connectivity index (χ3n) is 2.61. The quantitative estimate of drug-likeness (QED) is 0.907. The van der Waals surface area contributed by atoms with Crippen LogP contribution in [0.15, 0.2) is 22.7 Å². The van der Waals surface area contributed by atoms with Crippen molar-refractivity contribution in [3.05, 3.63) is 22.7 Å². The van der Waals surface area contributed by atoms with Gasteiger partial charge in [0.25, 0.3) is 0 Å². The number of nitrogens with one attached hydrogen (secondary N) is 1. The topological polar surface area (TPSA) is 24.9 Å². The Morgan fingerprint density at radius 3 is 3.19 bits per heavy atom. The molecule has 1 fully saturated rings. The average Bonchev–Trinajstić information content (AvgIpc) is 2.86. The van der Waals surface area contributed by atoms with Crippen molar-refractivity contribution in [1.29, 1.82) is 0 Å². The van der Waals surface area contributed by atoms with Gasteiger partial charge in [-0.2, -0.15) is 11.8 Å². The molecule has 1 aliphatic heterocycles. The summed E-state index contributed by atoms with van der Waals surface area (Å²) in [6, 6.07) is 6.86. The Kier molecular flexibility index (Phi) is 3.09. The van der Waals surface area contributed by atoms with Crippen molar-refractivity contribution in [3.8, 4) is 0 Å². The molecule has 5 heteroatoms. The van der Waals surface area contributed by atoms with Gasteiger partial charge in [-0.15, -0.1) is 0 Å². The van der Waals surface area contributed by atoms with E-state index in [4.69, 9.17) is 0 Å². The minimum absolute atomic E-state index is 0.606. The third kappa shape index (κ3) is 2.21. The summed E-state index contributed by atoms with van der Waals surface area (Å²) in [6.07, 6.45) is 1.25. The van der Waals surface area contributed by atoms with Crippen LogP contribution < -0.4 is 5.32 Å². The first-order valence-electron chi connectivity index (χ1n) is 5.21. The smallest absolute Gasteiger partial charge is 0.184 e. The second-order valence-electron chi connectivity index (χ2n) is 3.84. The molecule has 0 aliphatic carbocycles. The van der Waals surface area contributed by atoms with Crippen LogP contribution in [-0.4, -0.2) is 22.5 Å². The molecule has 3 rings (SSSR count). The molecular weight excluding hydrogens is 304 g/mol. The van der Waals surface area contributed by atoms with Crippen LogP contribution >= 0.6 is 39.0 Å². The Morgan fingerprint density at radius 2 is 2.38 bits per heavy atom. The highest BCUT2D eigenvalue weighted by molar-refractivity contribution is 9.10. The number of anilines is 1. The number of hydrogen-bond acceptors (Lipinski definition) is 4. The van der Waals surface area contributed by atoms with Gasteiger partial charge in [-0.05, 0) is 30.4 Å². The highest BCUT2D eigenvalue weighted by Crippen LogP contribution is 2.30. The standard InChI is InChI=1S/C11H11BrN2S2/c12-7-1-2-10-9(5-7)14-11(16-10)13-8-3-4-15-6-8/h1-2,5,8H,3-4,6H2,(H,13,14). The molecule has 0 spiro atoms. The molecule has 0 radical (unpaired) electrons. The molecule has 0 amide bonds. The van der Waals surface area contributed by atoms with E-state index in [1.54, 1.807) is 11.3 Å². The molecule has 2 nitrogen and oxygen atoms in total. The third-order valence-corrected chi connectivity index (χ3v) is 5.23. The molecule has 1 saturated heterocycles. The van der Waals surface area contributed by atoms with E-state index in [1.807, 2.05) is 11.8 Å². The largest absolute Gasteiger partial charge is 0.358 e. The summed E-state index contributed by atoms with van der Waals surface area (Å²) in [4.78, 5) is 4.61. The maximum absolute atomic E-state index is 4.61. The van der Waals surface area contributed by atoms with E-state index in [-0.39, 0.29) is 0 Å². The zero-order chi connectivity index (χ0) is 11.0. The first kappa shape index (κ1) is 10.9. The van der Waals surface area contributed by atoms with Crippen molar-refractivity contribution >= 4 is 54.4 Å². The van der Waals surface area contributed by atoms with Crippen molar-refractivity contribution < 1.29 is 0 Å². The summed E-state index contributed by atoms with van der Waals surface area (Å²) < 4.78 is 2.34. The molecule has 0 saturated carbocycles. The second kappa shape index (κ2) is 4.55. The molecule has 84 valence electrons. The number of halogens is 1. The van der Waals surface area contributed by atoms with Crippen LogP contribution in [0.25, 0.3) is 10.2 Å².